The molecule has 0 amide bonds. The summed E-state index contributed by atoms with van der Waals surface area (Å²) in [7, 11) is 0. The predicted molar refractivity (Wildman–Crippen MR) is 262 cm³/mol. The van der Waals surface area contributed by atoms with E-state index in [2.05, 4.69) is 217 Å². The number of hydrogen-bond acceptors (Lipinski definition) is 2. The van der Waals surface area contributed by atoms with Gasteiger partial charge in [0.1, 0.15) is 0 Å². The van der Waals surface area contributed by atoms with Crippen molar-refractivity contribution in [3.8, 4) is 22.3 Å². The van der Waals surface area contributed by atoms with Crippen LogP contribution in [0.4, 0.5) is 34.1 Å². The molecule has 7 aromatic rings. The van der Waals surface area contributed by atoms with Crippen LogP contribution in [-0.4, -0.2) is 6.71 Å². The molecule has 2 aliphatic carbocycles. The summed E-state index contributed by atoms with van der Waals surface area (Å²) in [6.45, 7) is 19.8. The number of fused-ring (bicyclic) bond motifs is 7. The lowest BCUT2D eigenvalue weighted by Crippen LogP contribution is -2.55. The van der Waals surface area contributed by atoms with Gasteiger partial charge in [-0.2, -0.15) is 0 Å². The Balaban J connectivity index is 1.22. The molecule has 7 aromatic carbocycles. The molecule has 0 bridgehead atoms. The Hall–Kier alpha value is -5.80. The Morgan fingerprint density at radius 3 is 1.56 bits per heavy atom. The van der Waals surface area contributed by atoms with E-state index in [1.54, 1.807) is 0 Å². The molecule has 0 aromatic heterocycles. The second kappa shape index (κ2) is 13.4. The first-order valence-electron chi connectivity index (χ1n) is 22.6. The topological polar surface area (TPSA) is 6.48 Å². The van der Waals surface area contributed by atoms with Crippen LogP contribution in [0.25, 0.3) is 22.3 Å². The molecule has 0 fully saturated rings. The Morgan fingerprint density at radius 1 is 0.410 bits per heavy atom. The largest absolute Gasteiger partial charge is 0.311 e. The lowest BCUT2D eigenvalue weighted by atomic mass is 9.36. The van der Waals surface area contributed by atoms with Gasteiger partial charge in [0.15, 0.2) is 0 Å². The van der Waals surface area contributed by atoms with Crippen LogP contribution in [0.1, 0.15) is 103 Å². The van der Waals surface area contributed by atoms with Gasteiger partial charge in [-0.25, -0.2) is 0 Å². The van der Waals surface area contributed by atoms with Crippen molar-refractivity contribution in [2.45, 2.75) is 103 Å². The van der Waals surface area contributed by atoms with E-state index in [0.717, 1.165) is 11.4 Å². The first-order valence-corrected chi connectivity index (χ1v) is 22.6. The van der Waals surface area contributed by atoms with E-state index in [-0.39, 0.29) is 28.4 Å². The number of nitrogens with zero attached hydrogens (tertiary/aromatic N) is 2. The summed E-state index contributed by atoms with van der Waals surface area (Å²) >= 11 is 0. The highest BCUT2D eigenvalue weighted by molar-refractivity contribution is 7.01. The van der Waals surface area contributed by atoms with Crippen LogP contribution in [0.5, 0.6) is 0 Å². The number of benzene rings is 7. The summed E-state index contributed by atoms with van der Waals surface area (Å²) in [5.74, 6) is 0. The summed E-state index contributed by atoms with van der Waals surface area (Å²) < 4.78 is 0. The van der Waals surface area contributed by atoms with Gasteiger partial charge in [-0.15, -0.1) is 0 Å². The third-order valence-corrected chi connectivity index (χ3v) is 15.4. The quantitative estimate of drug-likeness (QED) is 0.160. The normalized spacial score (nSPS) is 18.0. The molecule has 2 aliphatic heterocycles. The first-order chi connectivity index (χ1) is 29.2. The van der Waals surface area contributed by atoms with Crippen LogP contribution < -0.4 is 26.2 Å². The van der Waals surface area contributed by atoms with E-state index in [4.69, 9.17) is 0 Å². The Morgan fingerprint density at radius 2 is 0.951 bits per heavy atom. The number of anilines is 6. The molecule has 0 saturated heterocycles. The summed E-state index contributed by atoms with van der Waals surface area (Å²) in [5, 5.41) is 0. The summed E-state index contributed by atoms with van der Waals surface area (Å²) in [6, 6.07) is 57.8. The molecular weight excluding hydrogens is 735 g/mol. The molecule has 0 atom stereocenters. The average Bonchev–Trinajstić information content (AvgIpc) is 3.59. The van der Waals surface area contributed by atoms with E-state index in [0.29, 0.717) is 0 Å². The molecular formula is C58H57BN2. The van der Waals surface area contributed by atoms with Crippen LogP contribution in [-0.2, 0) is 21.7 Å². The Labute approximate surface area is 364 Å². The molecule has 0 radical (unpaired) electrons. The maximum atomic E-state index is 2.68. The summed E-state index contributed by atoms with van der Waals surface area (Å²) in [5.41, 5.74) is 23.2. The van der Waals surface area contributed by atoms with Crippen LogP contribution in [0.15, 0.2) is 152 Å². The third kappa shape index (κ3) is 5.90. The van der Waals surface area contributed by atoms with E-state index >= 15 is 0 Å². The van der Waals surface area contributed by atoms with Crippen molar-refractivity contribution < 1.29 is 0 Å². The molecule has 2 heterocycles. The lowest BCUT2D eigenvalue weighted by Gasteiger charge is -2.45. The SMILES string of the molecule is CC1(C)CCC(C)(C)c2cc(N3c4cc5c(cc4B4c6cc(N(c7ccccc7)c7ccccc7)ccc6-c6cc(-c7ccccc7)cc3c64)C(C)(C)CCC5(C)C)ccc21. The van der Waals surface area contributed by atoms with E-state index in [9.17, 15) is 0 Å². The minimum absolute atomic E-state index is 0.0668. The van der Waals surface area contributed by atoms with Crippen molar-refractivity contribution in [3.63, 3.8) is 0 Å². The molecule has 61 heavy (non-hydrogen) atoms. The highest BCUT2D eigenvalue weighted by Gasteiger charge is 2.47. The van der Waals surface area contributed by atoms with Crippen LogP contribution in [0.3, 0.4) is 0 Å². The van der Waals surface area contributed by atoms with Gasteiger partial charge < -0.3 is 9.80 Å². The molecule has 0 N–H and O–H groups in total. The van der Waals surface area contributed by atoms with Gasteiger partial charge in [-0.05, 0) is 170 Å². The minimum Gasteiger partial charge on any atom is -0.311 e. The highest BCUT2D eigenvalue weighted by Crippen LogP contribution is 2.52. The average molecular weight is 793 g/mol. The molecule has 0 saturated carbocycles. The highest BCUT2D eigenvalue weighted by atomic mass is 15.2. The van der Waals surface area contributed by atoms with Crippen LogP contribution in [0.2, 0.25) is 0 Å². The fourth-order valence-corrected chi connectivity index (χ4v) is 11.6. The molecule has 0 spiro atoms. The summed E-state index contributed by atoms with van der Waals surface area (Å²) in [6.07, 6.45) is 4.75. The molecule has 4 aliphatic rings. The fourth-order valence-electron chi connectivity index (χ4n) is 11.6. The van der Waals surface area contributed by atoms with Crippen molar-refractivity contribution in [1.29, 1.82) is 0 Å². The van der Waals surface area contributed by atoms with Gasteiger partial charge in [0.05, 0.1) is 0 Å². The number of hydrogen-bond donors (Lipinski definition) is 0. The lowest BCUT2D eigenvalue weighted by molar-refractivity contribution is 0.332. The molecule has 0 unspecified atom stereocenters. The number of para-hydroxylation sites is 2. The molecule has 3 heteroatoms. The molecule has 302 valence electrons. The standard InChI is InChI=1S/C58H57BN2/c1-55(2)28-29-56(3,4)47-34-42(25-27-46(47)55)61-52-37-49-48(57(5,6)30-31-58(49,7)8)36-51(52)59-50-35-43(60(40-20-14-10-15-21-40)41-22-16-11-17-23-41)24-26-44(50)45-32-39(33-53(61)54(45)59)38-18-12-9-13-19-38/h9-27,32-37H,28-31H2,1-8H3. The Kier molecular flexibility index (Phi) is 8.35. The van der Waals surface area contributed by atoms with E-state index in [1.165, 1.54) is 109 Å². The van der Waals surface area contributed by atoms with Gasteiger partial charge in [0.25, 0.3) is 0 Å². The second-order valence-electron chi connectivity index (χ2n) is 21.1. The third-order valence-electron chi connectivity index (χ3n) is 15.4. The van der Waals surface area contributed by atoms with E-state index in [1.807, 2.05) is 0 Å². The zero-order chi connectivity index (χ0) is 42.1. The van der Waals surface area contributed by atoms with Gasteiger partial charge in [-0.3, -0.25) is 0 Å². The smallest absolute Gasteiger partial charge is 0.248 e. The Bertz CT molecular complexity index is 2830. The maximum Gasteiger partial charge on any atom is 0.248 e. The zero-order valence-corrected chi connectivity index (χ0v) is 37.2. The fraction of sp³-hybridized carbons (Fsp3) is 0.276. The van der Waals surface area contributed by atoms with Crippen LogP contribution >= 0.6 is 0 Å². The summed E-state index contributed by atoms with van der Waals surface area (Å²) in [4.78, 5) is 5.10. The van der Waals surface area contributed by atoms with Crippen molar-refractivity contribution in [3.05, 3.63) is 174 Å². The second-order valence-corrected chi connectivity index (χ2v) is 21.1. The monoisotopic (exact) mass is 792 g/mol. The van der Waals surface area contributed by atoms with Crippen molar-refractivity contribution in [2.75, 3.05) is 9.80 Å². The van der Waals surface area contributed by atoms with Gasteiger partial charge in [0, 0.05) is 34.1 Å². The van der Waals surface area contributed by atoms with Gasteiger partial charge >= 0.3 is 0 Å². The maximum absolute atomic E-state index is 2.68. The molecule has 2 nitrogen and oxygen atoms in total. The van der Waals surface area contributed by atoms with Crippen molar-refractivity contribution in [1.82, 2.24) is 0 Å². The van der Waals surface area contributed by atoms with E-state index < -0.39 is 0 Å². The minimum atomic E-state index is 0.0668. The first kappa shape index (κ1) is 38.2. The zero-order valence-electron chi connectivity index (χ0n) is 37.2. The van der Waals surface area contributed by atoms with Crippen molar-refractivity contribution in [2.24, 2.45) is 0 Å². The predicted octanol–water partition coefficient (Wildman–Crippen LogP) is 13.8. The van der Waals surface area contributed by atoms with Gasteiger partial charge in [-0.1, -0.05) is 146 Å². The van der Waals surface area contributed by atoms with Crippen LogP contribution in [0, 0.1) is 0 Å². The van der Waals surface area contributed by atoms with Crippen molar-refractivity contribution >= 4 is 57.2 Å². The van der Waals surface area contributed by atoms with Gasteiger partial charge in [0.2, 0.25) is 6.71 Å². The number of rotatable bonds is 5. The molecule has 11 rings (SSSR count).